The first kappa shape index (κ1) is 22.8. The van der Waals surface area contributed by atoms with Crippen LogP contribution in [0.4, 0.5) is 5.69 Å². The Kier molecular flexibility index (Phi) is 7.30. The molecule has 0 unspecified atom stereocenters. The highest BCUT2D eigenvalue weighted by Gasteiger charge is 2.28. The van der Waals surface area contributed by atoms with E-state index >= 15 is 0 Å². The van der Waals surface area contributed by atoms with Crippen LogP contribution in [0.5, 0.6) is 0 Å². The first-order valence-electron chi connectivity index (χ1n) is 9.79. The summed E-state index contributed by atoms with van der Waals surface area (Å²) < 4.78 is 28.0. The number of benzene rings is 2. The number of rotatable bonds is 8. The second kappa shape index (κ2) is 9.94. The van der Waals surface area contributed by atoms with Crippen LogP contribution in [0.15, 0.2) is 71.9 Å². The fourth-order valence-electron chi connectivity index (χ4n) is 3.09. The minimum Gasteiger partial charge on any atom is -0.354 e. The Morgan fingerprint density at radius 3 is 2.39 bits per heavy atom. The van der Waals surface area contributed by atoms with Gasteiger partial charge in [-0.2, -0.15) is 0 Å². The second-order valence-corrected chi connectivity index (χ2v) is 9.43. The molecule has 1 amide bonds. The summed E-state index contributed by atoms with van der Waals surface area (Å²) in [7, 11) is -3.98. The number of hydrogen-bond acceptors (Lipinski definition) is 4. The molecule has 0 bridgehead atoms. The topological polar surface area (TPSA) is 79.4 Å². The molecular weight excluding hydrogens is 434 g/mol. The maximum Gasteiger partial charge on any atom is 0.264 e. The van der Waals surface area contributed by atoms with E-state index < -0.39 is 15.9 Å². The quantitative estimate of drug-likeness (QED) is 0.556. The molecule has 162 valence electrons. The van der Waals surface area contributed by atoms with E-state index in [1.165, 1.54) is 0 Å². The van der Waals surface area contributed by atoms with Gasteiger partial charge in [0, 0.05) is 24.0 Å². The van der Waals surface area contributed by atoms with Crippen LogP contribution in [0.3, 0.4) is 0 Å². The lowest BCUT2D eigenvalue weighted by Crippen LogP contribution is -2.41. The van der Waals surface area contributed by atoms with Crippen LogP contribution >= 0.6 is 11.6 Å². The number of halogens is 1. The van der Waals surface area contributed by atoms with Gasteiger partial charge in [-0.3, -0.25) is 14.1 Å². The van der Waals surface area contributed by atoms with Crippen molar-refractivity contribution < 1.29 is 13.2 Å². The van der Waals surface area contributed by atoms with E-state index in [0.717, 1.165) is 15.4 Å². The monoisotopic (exact) mass is 457 g/mol. The minimum atomic E-state index is -3.98. The first-order chi connectivity index (χ1) is 14.8. The van der Waals surface area contributed by atoms with Crippen molar-refractivity contribution in [3.05, 3.63) is 88.7 Å². The molecule has 0 saturated carbocycles. The van der Waals surface area contributed by atoms with Gasteiger partial charge < -0.3 is 5.32 Å². The molecule has 3 rings (SSSR count). The molecule has 6 nitrogen and oxygen atoms in total. The van der Waals surface area contributed by atoms with Crippen molar-refractivity contribution in [2.45, 2.75) is 25.2 Å². The van der Waals surface area contributed by atoms with Gasteiger partial charge in [0.05, 0.1) is 10.6 Å². The molecular formula is C23H24ClN3O3S. The van der Waals surface area contributed by atoms with Gasteiger partial charge in [-0.1, -0.05) is 35.4 Å². The molecule has 0 aliphatic carbocycles. The number of aromatic nitrogens is 1. The highest BCUT2D eigenvalue weighted by molar-refractivity contribution is 7.92. The van der Waals surface area contributed by atoms with Crippen LogP contribution in [-0.2, 0) is 21.2 Å². The highest BCUT2D eigenvalue weighted by atomic mass is 35.5. The Hall–Kier alpha value is -2.90. The lowest BCUT2D eigenvalue weighted by atomic mass is 10.2. The van der Waals surface area contributed by atoms with Crippen LogP contribution < -0.4 is 9.62 Å². The summed E-state index contributed by atoms with van der Waals surface area (Å²) in [4.78, 5) is 16.8. The maximum atomic E-state index is 13.4. The third-order valence-electron chi connectivity index (χ3n) is 4.89. The Balaban J connectivity index is 1.84. The number of amides is 1. The third-order valence-corrected chi connectivity index (χ3v) is 7.07. The van der Waals surface area contributed by atoms with Gasteiger partial charge in [0.1, 0.15) is 6.54 Å². The first-order valence-corrected chi connectivity index (χ1v) is 11.6. The van der Waals surface area contributed by atoms with Gasteiger partial charge in [0.15, 0.2) is 0 Å². The number of nitrogens with one attached hydrogen (secondary N) is 1. The fraction of sp³-hybridized carbons (Fsp3) is 0.217. The van der Waals surface area contributed by atoms with Crippen molar-refractivity contribution in [2.24, 2.45) is 0 Å². The van der Waals surface area contributed by atoms with Gasteiger partial charge in [0.2, 0.25) is 5.91 Å². The van der Waals surface area contributed by atoms with E-state index in [4.69, 9.17) is 11.6 Å². The van der Waals surface area contributed by atoms with Crippen molar-refractivity contribution in [1.82, 2.24) is 10.3 Å². The summed E-state index contributed by atoms with van der Waals surface area (Å²) >= 11 is 6.24. The molecule has 0 aliphatic rings. The number of aryl methyl sites for hydroxylation is 1. The molecule has 1 N–H and O–H groups in total. The van der Waals surface area contributed by atoms with E-state index in [1.54, 1.807) is 61.8 Å². The minimum absolute atomic E-state index is 0.113. The van der Waals surface area contributed by atoms with E-state index in [0.29, 0.717) is 29.2 Å². The third kappa shape index (κ3) is 5.62. The Bertz CT molecular complexity index is 1150. The van der Waals surface area contributed by atoms with E-state index in [-0.39, 0.29) is 11.4 Å². The standard InChI is InChI=1S/C23H24ClN3O3S/c1-17-6-8-20(9-7-17)31(29,30)27(22-5-3-4-21(24)18(22)2)16-23(28)26-15-12-19-10-13-25-14-11-19/h3-11,13-14H,12,15-16H2,1-2H3,(H,26,28). The number of sulfonamides is 1. The van der Waals surface area contributed by atoms with Crippen molar-refractivity contribution in [2.75, 3.05) is 17.4 Å². The zero-order valence-electron chi connectivity index (χ0n) is 17.4. The number of carbonyl (C=O) groups excluding carboxylic acids is 1. The van der Waals surface area contributed by atoms with Gasteiger partial charge in [-0.15, -0.1) is 0 Å². The summed E-state index contributed by atoms with van der Waals surface area (Å²) in [6, 6.07) is 15.3. The molecule has 31 heavy (non-hydrogen) atoms. The maximum absolute atomic E-state index is 13.4. The molecule has 2 aromatic carbocycles. The molecule has 0 aliphatic heterocycles. The molecule has 8 heteroatoms. The van der Waals surface area contributed by atoms with Crippen molar-refractivity contribution in [3.63, 3.8) is 0 Å². The average Bonchev–Trinajstić information content (AvgIpc) is 2.75. The molecule has 3 aromatic rings. The average molecular weight is 458 g/mol. The number of hydrogen-bond donors (Lipinski definition) is 1. The van der Waals surface area contributed by atoms with E-state index in [2.05, 4.69) is 10.3 Å². The molecule has 0 saturated heterocycles. The van der Waals surface area contributed by atoms with Crippen LogP contribution in [0.1, 0.15) is 16.7 Å². The van der Waals surface area contributed by atoms with E-state index in [9.17, 15) is 13.2 Å². The van der Waals surface area contributed by atoms with E-state index in [1.807, 2.05) is 19.1 Å². The molecule has 0 spiro atoms. The van der Waals surface area contributed by atoms with Crippen molar-refractivity contribution >= 4 is 33.2 Å². The number of nitrogens with zero attached hydrogens (tertiary/aromatic N) is 2. The van der Waals surface area contributed by atoms with Crippen LogP contribution in [0.2, 0.25) is 5.02 Å². The van der Waals surface area contributed by atoms with Gasteiger partial charge >= 0.3 is 0 Å². The van der Waals surface area contributed by atoms with Gasteiger partial charge in [0.25, 0.3) is 10.0 Å². The lowest BCUT2D eigenvalue weighted by Gasteiger charge is -2.26. The smallest absolute Gasteiger partial charge is 0.264 e. The lowest BCUT2D eigenvalue weighted by molar-refractivity contribution is -0.119. The largest absolute Gasteiger partial charge is 0.354 e. The molecule has 0 atom stereocenters. The second-order valence-electron chi connectivity index (χ2n) is 7.16. The van der Waals surface area contributed by atoms with Crippen molar-refractivity contribution in [1.29, 1.82) is 0 Å². The summed E-state index contributed by atoms with van der Waals surface area (Å²) in [6.07, 6.45) is 4.00. The van der Waals surface area contributed by atoms with Crippen LogP contribution in [0, 0.1) is 13.8 Å². The molecule has 1 heterocycles. The Morgan fingerprint density at radius 1 is 1.03 bits per heavy atom. The Labute approximate surface area is 187 Å². The Morgan fingerprint density at radius 2 is 1.71 bits per heavy atom. The number of anilines is 1. The summed E-state index contributed by atoms with van der Waals surface area (Å²) in [6.45, 7) is 3.64. The van der Waals surface area contributed by atoms with Crippen LogP contribution in [-0.4, -0.2) is 32.4 Å². The zero-order valence-corrected chi connectivity index (χ0v) is 18.9. The predicted octanol–water partition coefficient (Wildman–Crippen LogP) is 3.91. The highest BCUT2D eigenvalue weighted by Crippen LogP contribution is 2.30. The predicted molar refractivity (Wildman–Crippen MR) is 123 cm³/mol. The van der Waals surface area contributed by atoms with Gasteiger partial charge in [-0.05, 0) is 67.8 Å². The summed E-state index contributed by atoms with van der Waals surface area (Å²) in [5.41, 5.74) is 2.94. The number of carbonyl (C=O) groups is 1. The fourth-order valence-corrected chi connectivity index (χ4v) is 4.73. The molecule has 1 aromatic heterocycles. The van der Waals surface area contributed by atoms with Gasteiger partial charge in [-0.25, -0.2) is 8.42 Å². The number of pyridine rings is 1. The summed E-state index contributed by atoms with van der Waals surface area (Å²) in [5, 5.41) is 3.23. The summed E-state index contributed by atoms with van der Waals surface area (Å²) in [5.74, 6) is -0.399. The van der Waals surface area contributed by atoms with Crippen LogP contribution in [0.25, 0.3) is 0 Å². The zero-order chi connectivity index (χ0) is 22.4. The normalized spacial score (nSPS) is 11.2. The van der Waals surface area contributed by atoms with Crippen molar-refractivity contribution in [3.8, 4) is 0 Å². The SMILES string of the molecule is Cc1ccc(S(=O)(=O)N(CC(=O)NCCc2ccncc2)c2cccc(Cl)c2C)cc1. The molecule has 0 fully saturated rings. The molecule has 0 radical (unpaired) electrons.